The third-order valence-electron chi connectivity index (χ3n) is 6.67. The van der Waals surface area contributed by atoms with Crippen LogP contribution >= 0.6 is 0 Å². The molecule has 0 saturated carbocycles. The molecule has 210 valence electrons. The molecule has 0 amide bonds. The van der Waals surface area contributed by atoms with Gasteiger partial charge >= 0.3 is 0 Å². The minimum atomic E-state index is -3.79. The molecule has 0 bridgehead atoms. The number of sulfonamides is 1. The van der Waals surface area contributed by atoms with Gasteiger partial charge in [-0.15, -0.1) is 0 Å². The fourth-order valence-corrected chi connectivity index (χ4v) is 5.97. The molecule has 1 N–H and O–H groups in total. The van der Waals surface area contributed by atoms with Crippen molar-refractivity contribution in [3.63, 3.8) is 0 Å². The van der Waals surface area contributed by atoms with Crippen molar-refractivity contribution < 1.29 is 17.9 Å². The van der Waals surface area contributed by atoms with Gasteiger partial charge in [-0.3, -0.25) is 9.48 Å². The van der Waals surface area contributed by atoms with Crippen LogP contribution in [0, 0.1) is 0 Å². The summed E-state index contributed by atoms with van der Waals surface area (Å²) in [5, 5.41) is 5.22. The number of rotatable bonds is 15. The van der Waals surface area contributed by atoms with Gasteiger partial charge in [0, 0.05) is 51.3 Å². The fourth-order valence-electron chi connectivity index (χ4n) is 4.50. The van der Waals surface area contributed by atoms with Crippen LogP contribution in [0.1, 0.15) is 39.8 Å². The summed E-state index contributed by atoms with van der Waals surface area (Å²) in [5.41, 5.74) is 2.02. The average Bonchev–Trinajstić information content (AvgIpc) is 3.24. The Morgan fingerprint density at radius 1 is 1.03 bits per heavy atom. The summed E-state index contributed by atoms with van der Waals surface area (Å²) in [6.45, 7) is 11.8. The van der Waals surface area contributed by atoms with Gasteiger partial charge in [0.1, 0.15) is 11.3 Å². The Morgan fingerprint density at radius 2 is 1.79 bits per heavy atom. The number of likely N-dealkylation sites (N-methyl/N-ethyl adjacent to an activating group) is 2. The van der Waals surface area contributed by atoms with Crippen molar-refractivity contribution in [3.8, 4) is 17.0 Å². The maximum absolute atomic E-state index is 13.7. The molecule has 0 radical (unpaired) electrons. The first-order valence-corrected chi connectivity index (χ1v) is 14.7. The minimum Gasteiger partial charge on any atom is -0.493 e. The molecule has 0 spiro atoms. The molecule has 10 nitrogen and oxygen atoms in total. The summed E-state index contributed by atoms with van der Waals surface area (Å²) in [4.78, 5) is 18.3. The zero-order chi connectivity index (χ0) is 27.9. The number of aromatic amines is 1. The highest BCUT2D eigenvalue weighted by Crippen LogP contribution is 2.33. The Kier molecular flexibility index (Phi) is 10.5. The molecule has 2 heterocycles. The number of nitrogens with zero attached hydrogens (tertiary/aromatic N) is 4. The molecule has 11 heteroatoms. The molecule has 0 atom stereocenters. The largest absolute Gasteiger partial charge is 0.493 e. The van der Waals surface area contributed by atoms with E-state index >= 15 is 0 Å². The van der Waals surface area contributed by atoms with Crippen LogP contribution in [-0.4, -0.2) is 85.4 Å². The van der Waals surface area contributed by atoms with Gasteiger partial charge in [0.2, 0.25) is 10.0 Å². The number of methoxy groups -OCH3 is 1. The summed E-state index contributed by atoms with van der Waals surface area (Å²) in [6, 6.07) is 6.71. The highest BCUT2D eigenvalue weighted by atomic mass is 32.2. The molecule has 2 aromatic heterocycles. The van der Waals surface area contributed by atoms with Gasteiger partial charge in [-0.1, -0.05) is 27.7 Å². The number of hydrogen-bond donors (Lipinski definition) is 1. The molecule has 0 fully saturated rings. The third kappa shape index (κ3) is 6.45. The van der Waals surface area contributed by atoms with Gasteiger partial charge in [0.05, 0.1) is 29.5 Å². The van der Waals surface area contributed by atoms with Gasteiger partial charge in [0.25, 0.3) is 5.56 Å². The van der Waals surface area contributed by atoms with Gasteiger partial charge in [-0.05, 0) is 43.7 Å². The first-order chi connectivity index (χ1) is 18.2. The molecule has 0 saturated heterocycles. The Hall–Kier alpha value is -2.73. The van der Waals surface area contributed by atoms with Crippen LogP contribution in [0.4, 0.5) is 0 Å². The zero-order valence-corrected chi connectivity index (χ0v) is 24.2. The first kappa shape index (κ1) is 29.8. The highest BCUT2D eigenvalue weighted by Gasteiger charge is 2.25. The normalized spacial score (nSPS) is 12.2. The van der Waals surface area contributed by atoms with Gasteiger partial charge in [0.15, 0.2) is 0 Å². The van der Waals surface area contributed by atoms with Gasteiger partial charge < -0.3 is 19.4 Å². The van der Waals surface area contributed by atoms with Crippen LogP contribution in [0.3, 0.4) is 0 Å². The van der Waals surface area contributed by atoms with E-state index in [1.807, 2.05) is 33.8 Å². The second-order valence-electron chi connectivity index (χ2n) is 9.13. The number of nitrogens with one attached hydrogen (secondary N) is 1. The standard InChI is InChI=1S/C27H41N5O5S/c1-7-16-37-25-12-11-20(38(34,35)32(10-4)14-13-31(9-3)15-17-36-6)18-21(25)24-19-22-23(8-2)29-30(5)26(22)27(33)28-24/h11-12,18-19H,7-10,13-17H2,1-6H3,(H,28,33). The predicted octanol–water partition coefficient (Wildman–Crippen LogP) is 3.26. The second kappa shape index (κ2) is 13.4. The topological polar surface area (TPSA) is 110 Å². The fraction of sp³-hybridized carbons (Fsp3) is 0.556. The predicted molar refractivity (Wildman–Crippen MR) is 150 cm³/mol. The summed E-state index contributed by atoms with van der Waals surface area (Å²) < 4.78 is 41.7. The molecule has 0 aliphatic rings. The number of aryl methyl sites for hydroxylation is 2. The Balaban J connectivity index is 2.05. The lowest BCUT2D eigenvalue weighted by molar-refractivity contribution is 0.147. The van der Waals surface area contributed by atoms with E-state index in [4.69, 9.17) is 9.47 Å². The van der Waals surface area contributed by atoms with E-state index in [2.05, 4.69) is 15.0 Å². The lowest BCUT2D eigenvalue weighted by atomic mass is 10.1. The maximum Gasteiger partial charge on any atom is 0.274 e. The van der Waals surface area contributed by atoms with Gasteiger partial charge in [-0.2, -0.15) is 9.40 Å². The van der Waals surface area contributed by atoms with Crippen molar-refractivity contribution >= 4 is 20.9 Å². The number of ether oxygens (including phenoxy) is 2. The summed E-state index contributed by atoms with van der Waals surface area (Å²) in [7, 11) is -0.392. The summed E-state index contributed by atoms with van der Waals surface area (Å²) >= 11 is 0. The number of benzene rings is 1. The molecule has 0 aliphatic carbocycles. The molecule has 3 aromatic rings. The maximum atomic E-state index is 13.7. The quantitative estimate of drug-likeness (QED) is 0.311. The van der Waals surface area contributed by atoms with E-state index in [0.29, 0.717) is 61.8 Å². The molecular formula is C27H41N5O5S. The number of hydrogen-bond acceptors (Lipinski definition) is 7. The number of aromatic nitrogens is 3. The van der Waals surface area contributed by atoms with Crippen molar-refractivity contribution in [3.05, 3.63) is 40.3 Å². The Labute approximate surface area is 225 Å². The average molecular weight is 548 g/mol. The van der Waals surface area contributed by atoms with Gasteiger partial charge in [-0.25, -0.2) is 8.42 Å². The molecule has 1 aromatic carbocycles. The van der Waals surface area contributed by atoms with Crippen LogP contribution in [0.2, 0.25) is 0 Å². The minimum absolute atomic E-state index is 0.154. The van der Waals surface area contributed by atoms with Crippen LogP contribution in [0.5, 0.6) is 5.75 Å². The monoisotopic (exact) mass is 547 g/mol. The third-order valence-corrected chi connectivity index (χ3v) is 8.64. The Morgan fingerprint density at radius 3 is 2.42 bits per heavy atom. The number of H-pyrrole nitrogens is 1. The molecule has 0 aliphatic heterocycles. The first-order valence-electron chi connectivity index (χ1n) is 13.3. The van der Waals surface area contributed by atoms with Crippen molar-refractivity contribution in [2.24, 2.45) is 7.05 Å². The van der Waals surface area contributed by atoms with Crippen LogP contribution < -0.4 is 10.3 Å². The van der Waals surface area contributed by atoms with E-state index in [9.17, 15) is 13.2 Å². The second-order valence-corrected chi connectivity index (χ2v) is 11.1. The van der Waals surface area contributed by atoms with E-state index in [0.717, 1.165) is 30.6 Å². The van der Waals surface area contributed by atoms with Crippen LogP contribution in [0.15, 0.2) is 34.0 Å². The molecular weight excluding hydrogens is 506 g/mol. The van der Waals surface area contributed by atoms with Crippen molar-refractivity contribution in [2.45, 2.75) is 45.4 Å². The lowest BCUT2D eigenvalue weighted by Crippen LogP contribution is -2.39. The van der Waals surface area contributed by atoms with E-state index < -0.39 is 10.0 Å². The highest BCUT2D eigenvalue weighted by molar-refractivity contribution is 7.89. The Bertz CT molecular complexity index is 1380. The van der Waals surface area contributed by atoms with Crippen LogP contribution in [0.25, 0.3) is 22.2 Å². The smallest absolute Gasteiger partial charge is 0.274 e. The van der Waals surface area contributed by atoms with E-state index in [-0.39, 0.29) is 10.5 Å². The van der Waals surface area contributed by atoms with E-state index in [1.165, 1.54) is 4.31 Å². The van der Waals surface area contributed by atoms with Crippen molar-refractivity contribution in [1.82, 2.24) is 24.0 Å². The van der Waals surface area contributed by atoms with E-state index in [1.54, 1.807) is 37.0 Å². The molecule has 0 unspecified atom stereocenters. The molecule has 3 rings (SSSR count). The van der Waals surface area contributed by atoms with Crippen molar-refractivity contribution in [2.75, 3.05) is 53.0 Å². The molecule has 38 heavy (non-hydrogen) atoms. The summed E-state index contributed by atoms with van der Waals surface area (Å²) in [5.74, 6) is 0.516. The zero-order valence-electron chi connectivity index (χ0n) is 23.4. The SMILES string of the molecule is CCCOc1ccc(S(=O)(=O)N(CC)CCN(CC)CCOC)cc1-c1cc2c(CC)nn(C)c2c(=O)[nH]1. The lowest BCUT2D eigenvalue weighted by Gasteiger charge is -2.26. The van der Waals surface area contributed by atoms with Crippen molar-refractivity contribution in [1.29, 1.82) is 0 Å². The van der Waals surface area contributed by atoms with Crippen LogP contribution in [-0.2, 0) is 28.2 Å². The summed E-state index contributed by atoms with van der Waals surface area (Å²) in [6.07, 6.45) is 1.46. The number of fused-ring (bicyclic) bond motifs is 1. The number of pyridine rings is 1.